The lowest BCUT2D eigenvalue weighted by Crippen LogP contribution is -2.09. The maximum atomic E-state index is 6.38. The fourth-order valence-corrected chi connectivity index (χ4v) is 9.49. The highest BCUT2D eigenvalue weighted by molar-refractivity contribution is 7.21. The first kappa shape index (κ1) is 32.7. The van der Waals surface area contributed by atoms with Crippen LogP contribution in [0.5, 0.6) is 0 Å². The molecule has 5 heteroatoms. The zero-order valence-corrected chi connectivity index (χ0v) is 31.9. The first-order valence-corrected chi connectivity index (χ1v) is 20.2. The number of aromatic nitrogens is 1. The lowest BCUT2D eigenvalue weighted by atomic mass is 9.98. The van der Waals surface area contributed by atoms with E-state index in [1.54, 1.807) is 11.3 Å². The van der Waals surface area contributed by atoms with E-state index in [-0.39, 0.29) is 0 Å². The number of rotatable bonds is 6. The van der Waals surface area contributed by atoms with Crippen LogP contribution in [0.2, 0.25) is 0 Å². The summed E-state index contributed by atoms with van der Waals surface area (Å²) in [6, 6.07) is 68.7. The van der Waals surface area contributed by atoms with E-state index in [4.69, 9.17) is 13.8 Å². The van der Waals surface area contributed by atoms with Gasteiger partial charge in [-0.1, -0.05) is 121 Å². The van der Waals surface area contributed by atoms with Gasteiger partial charge in [-0.3, -0.25) is 0 Å². The van der Waals surface area contributed by atoms with Crippen molar-refractivity contribution < 1.29 is 8.83 Å². The molecule has 0 aliphatic rings. The van der Waals surface area contributed by atoms with E-state index in [0.717, 1.165) is 92.9 Å². The number of anilines is 3. The van der Waals surface area contributed by atoms with Crippen molar-refractivity contribution in [3.8, 4) is 32.8 Å². The molecule has 0 amide bonds. The molecule has 0 spiro atoms. The molecule has 0 N–H and O–H groups in total. The molecule has 0 bridgehead atoms. The molecule has 0 aliphatic carbocycles. The summed E-state index contributed by atoms with van der Waals surface area (Å²) in [7, 11) is 0. The molecule has 58 heavy (non-hydrogen) atoms. The predicted molar refractivity (Wildman–Crippen MR) is 243 cm³/mol. The summed E-state index contributed by atoms with van der Waals surface area (Å²) in [5.74, 6) is 0. The lowest BCUT2D eigenvalue weighted by Gasteiger charge is -2.26. The van der Waals surface area contributed by atoms with Gasteiger partial charge in [-0.15, -0.1) is 11.3 Å². The van der Waals surface area contributed by atoms with Crippen LogP contribution in [0.4, 0.5) is 17.1 Å². The summed E-state index contributed by atoms with van der Waals surface area (Å²) in [5.41, 5.74) is 13.4. The number of hydrogen-bond donors (Lipinski definition) is 0. The van der Waals surface area contributed by atoms with Gasteiger partial charge in [0.2, 0.25) is 0 Å². The summed E-state index contributed by atoms with van der Waals surface area (Å²) >= 11 is 1.72. The minimum Gasteiger partial charge on any atom is -0.456 e. The van der Waals surface area contributed by atoms with Crippen LogP contribution in [0.25, 0.3) is 97.7 Å². The van der Waals surface area contributed by atoms with E-state index in [1.165, 1.54) is 21.9 Å². The van der Waals surface area contributed by atoms with Crippen molar-refractivity contribution in [2.24, 2.45) is 0 Å². The van der Waals surface area contributed by atoms with Crippen LogP contribution >= 0.6 is 11.3 Å². The van der Waals surface area contributed by atoms with Crippen molar-refractivity contribution >= 4 is 93.3 Å². The van der Waals surface area contributed by atoms with Crippen molar-refractivity contribution in [1.29, 1.82) is 0 Å². The van der Waals surface area contributed by atoms with Crippen LogP contribution in [-0.2, 0) is 0 Å². The Labute approximate surface area is 337 Å². The number of thiazole rings is 1. The van der Waals surface area contributed by atoms with E-state index in [9.17, 15) is 0 Å². The average Bonchev–Trinajstić information content (AvgIpc) is 4.00. The normalized spacial score (nSPS) is 11.8. The average molecular weight is 761 g/mol. The highest BCUT2D eigenvalue weighted by Crippen LogP contribution is 2.43. The Morgan fingerprint density at radius 3 is 1.86 bits per heavy atom. The molecule has 0 aliphatic heterocycles. The van der Waals surface area contributed by atoms with Crippen molar-refractivity contribution in [2.45, 2.75) is 0 Å². The fraction of sp³-hybridized carbons (Fsp3) is 0. The zero-order chi connectivity index (χ0) is 38.2. The Hall–Kier alpha value is -7.47. The monoisotopic (exact) mass is 760 g/mol. The lowest BCUT2D eigenvalue weighted by molar-refractivity contribution is 0.668. The SMILES string of the molecule is c1ccc(-c2nc3c(ccc4oc5ccc(-c6ccc(N(c7ccc(-c8cccc9ccccc89)cc7)c7ccc8oc9ccccc9c8c7)cc6)cc5c43)s2)cc1. The summed E-state index contributed by atoms with van der Waals surface area (Å²) in [6.45, 7) is 0. The molecule has 0 saturated carbocycles. The van der Waals surface area contributed by atoms with Gasteiger partial charge in [-0.2, -0.15) is 0 Å². The second-order valence-electron chi connectivity index (χ2n) is 14.7. The number of nitrogens with zero attached hydrogens (tertiary/aromatic N) is 2. The van der Waals surface area contributed by atoms with Gasteiger partial charge < -0.3 is 13.7 Å². The smallest absolute Gasteiger partial charge is 0.137 e. The van der Waals surface area contributed by atoms with Crippen LogP contribution in [0.3, 0.4) is 0 Å². The van der Waals surface area contributed by atoms with Gasteiger partial charge in [0.05, 0.1) is 15.6 Å². The number of para-hydroxylation sites is 1. The maximum absolute atomic E-state index is 6.38. The van der Waals surface area contributed by atoms with E-state index in [0.29, 0.717) is 0 Å². The maximum Gasteiger partial charge on any atom is 0.137 e. The number of hydrogen-bond acceptors (Lipinski definition) is 5. The number of fused-ring (bicyclic) bond motifs is 9. The van der Waals surface area contributed by atoms with Crippen LogP contribution in [0, 0.1) is 0 Å². The molecule has 12 rings (SSSR count). The van der Waals surface area contributed by atoms with E-state index in [1.807, 2.05) is 18.2 Å². The van der Waals surface area contributed by atoms with Crippen molar-refractivity contribution in [3.63, 3.8) is 0 Å². The molecule has 0 unspecified atom stereocenters. The summed E-state index contributed by atoms with van der Waals surface area (Å²) < 4.78 is 13.8. The van der Waals surface area contributed by atoms with Crippen molar-refractivity contribution in [2.75, 3.05) is 4.90 Å². The number of benzene rings is 9. The minimum atomic E-state index is 0.851. The molecule has 0 radical (unpaired) electrons. The molecule has 4 nitrogen and oxygen atoms in total. The molecule has 272 valence electrons. The second-order valence-corrected chi connectivity index (χ2v) is 15.7. The predicted octanol–water partition coefficient (Wildman–Crippen LogP) is 15.7. The van der Waals surface area contributed by atoms with Crippen LogP contribution in [0.15, 0.2) is 203 Å². The van der Waals surface area contributed by atoms with E-state index >= 15 is 0 Å². The third kappa shape index (κ3) is 5.32. The number of furan rings is 2. The Kier molecular flexibility index (Phi) is 7.37. The van der Waals surface area contributed by atoms with Gasteiger partial charge in [0, 0.05) is 38.8 Å². The molecular weight excluding hydrogens is 729 g/mol. The van der Waals surface area contributed by atoms with Gasteiger partial charge in [0.1, 0.15) is 27.3 Å². The van der Waals surface area contributed by atoms with E-state index < -0.39 is 0 Å². The van der Waals surface area contributed by atoms with E-state index in [2.05, 4.69) is 181 Å². The molecular formula is C53H32N2O2S. The van der Waals surface area contributed by atoms with Crippen LogP contribution in [-0.4, -0.2) is 4.98 Å². The quantitative estimate of drug-likeness (QED) is 0.169. The molecule has 3 heterocycles. The Morgan fingerprint density at radius 1 is 0.397 bits per heavy atom. The van der Waals surface area contributed by atoms with Crippen molar-refractivity contribution in [3.05, 3.63) is 194 Å². The third-order valence-corrected chi connectivity index (χ3v) is 12.4. The van der Waals surface area contributed by atoms with Gasteiger partial charge >= 0.3 is 0 Å². The highest BCUT2D eigenvalue weighted by atomic mass is 32.1. The largest absolute Gasteiger partial charge is 0.456 e. The zero-order valence-electron chi connectivity index (χ0n) is 31.1. The first-order chi connectivity index (χ1) is 28.7. The molecule has 0 fully saturated rings. The fourth-order valence-electron chi connectivity index (χ4n) is 8.51. The molecule has 12 aromatic rings. The van der Waals surface area contributed by atoms with Gasteiger partial charge in [-0.25, -0.2) is 4.98 Å². The Balaban J connectivity index is 0.957. The Bertz CT molecular complexity index is 3500. The minimum absolute atomic E-state index is 0.851. The van der Waals surface area contributed by atoms with Crippen LogP contribution in [0.1, 0.15) is 0 Å². The van der Waals surface area contributed by atoms with Gasteiger partial charge in [0.15, 0.2) is 0 Å². The third-order valence-electron chi connectivity index (χ3n) is 11.3. The Morgan fingerprint density at radius 2 is 1.02 bits per heavy atom. The topological polar surface area (TPSA) is 42.4 Å². The molecule has 0 saturated heterocycles. The summed E-state index contributed by atoms with van der Waals surface area (Å²) in [5, 5.41) is 7.82. The molecule has 3 aromatic heterocycles. The standard InChI is InChI=1S/C53H32N2O2S/c1-2-10-36(11-3-1)53-54-52-50(58-53)30-29-49-51(52)45-31-37(21-27-48(45)57-49)33-17-22-38(23-18-33)55(40-26-28-47-44(32-40)43-14-6-7-16-46(43)56-47)39-24-19-35(20-25-39)42-15-8-12-34-9-4-5-13-41(34)42/h1-32H. The van der Waals surface area contributed by atoms with Crippen molar-refractivity contribution in [1.82, 2.24) is 4.98 Å². The highest BCUT2D eigenvalue weighted by Gasteiger charge is 2.19. The first-order valence-electron chi connectivity index (χ1n) is 19.4. The van der Waals surface area contributed by atoms with Gasteiger partial charge in [-0.05, 0) is 106 Å². The molecule has 9 aromatic carbocycles. The summed E-state index contributed by atoms with van der Waals surface area (Å²) in [6.07, 6.45) is 0. The second kappa shape index (κ2) is 13.1. The molecule has 0 atom stereocenters. The van der Waals surface area contributed by atoms with Crippen LogP contribution < -0.4 is 4.90 Å². The van der Waals surface area contributed by atoms with Gasteiger partial charge in [0.25, 0.3) is 0 Å². The summed E-state index contributed by atoms with van der Waals surface area (Å²) in [4.78, 5) is 7.47.